The van der Waals surface area contributed by atoms with Crippen molar-refractivity contribution in [3.63, 3.8) is 0 Å². The zero-order valence-corrected chi connectivity index (χ0v) is 16.9. The summed E-state index contributed by atoms with van der Waals surface area (Å²) in [5, 5.41) is 0. The van der Waals surface area contributed by atoms with E-state index >= 15 is 0 Å². The number of ether oxygens (including phenoxy) is 2. The molecule has 0 aliphatic heterocycles. The fourth-order valence-electron chi connectivity index (χ4n) is 2.78. The van der Waals surface area contributed by atoms with Crippen LogP contribution in [0.25, 0.3) is 0 Å². The Morgan fingerprint density at radius 3 is 2.31 bits per heavy atom. The first-order valence-electron chi connectivity index (χ1n) is 8.58. The van der Waals surface area contributed by atoms with Gasteiger partial charge in [0.15, 0.2) is 11.5 Å². The Labute approximate surface area is 156 Å². The predicted molar refractivity (Wildman–Crippen MR) is 103 cm³/mol. The van der Waals surface area contributed by atoms with Crippen LogP contribution in [0.4, 0.5) is 0 Å². The fourth-order valence-corrected chi connectivity index (χ4v) is 4.34. The second-order valence-electron chi connectivity index (χ2n) is 6.10. The third kappa shape index (κ3) is 5.42. The molecule has 5 nitrogen and oxygen atoms in total. The lowest BCUT2D eigenvalue weighted by molar-refractivity contribution is 0.0729. The van der Waals surface area contributed by atoms with Crippen molar-refractivity contribution < 1.29 is 23.1 Å². The van der Waals surface area contributed by atoms with Gasteiger partial charge in [0, 0.05) is 14.2 Å². The molecule has 0 aromatic heterocycles. The summed E-state index contributed by atoms with van der Waals surface area (Å²) in [4.78, 5) is 12.2. The lowest BCUT2D eigenvalue weighted by Crippen LogP contribution is -2.24. The first-order valence-corrected chi connectivity index (χ1v) is 10.2. The molecule has 26 heavy (non-hydrogen) atoms. The summed E-state index contributed by atoms with van der Waals surface area (Å²) in [6.07, 6.45) is 1.84. The molecule has 2 aromatic rings. The fraction of sp³-hybridized carbons (Fsp3) is 0.350. The van der Waals surface area contributed by atoms with Crippen LogP contribution in [0.5, 0.6) is 11.5 Å². The number of aryl methyl sites for hydroxylation is 1. The molecule has 0 spiro atoms. The molecular formula is C20H26O5Si. The van der Waals surface area contributed by atoms with E-state index in [-0.39, 0.29) is 0 Å². The Balaban J connectivity index is 2.04. The molecule has 0 heterocycles. The van der Waals surface area contributed by atoms with Crippen molar-refractivity contribution in [1.29, 1.82) is 0 Å². The number of benzene rings is 2. The Hall–Kier alpha value is -2.15. The van der Waals surface area contributed by atoms with Crippen molar-refractivity contribution in [3.05, 3.63) is 59.7 Å². The second kappa shape index (κ2) is 10.1. The van der Waals surface area contributed by atoms with Gasteiger partial charge in [0.05, 0.1) is 12.7 Å². The number of carbonyl (C=O) groups is 1. The van der Waals surface area contributed by atoms with Crippen LogP contribution in [0.15, 0.2) is 48.5 Å². The van der Waals surface area contributed by atoms with Gasteiger partial charge >= 0.3 is 15.3 Å². The van der Waals surface area contributed by atoms with Crippen LogP contribution >= 0.6 is 0 Å². The number of methoxy groups -OCH3 is 1. The Morgan fingerprint density at radius 2 is 1.69 bits per heavy atom. The van der Waals surface area contributed by atoms with E-state index in [1.165, 1.54) is 0 Å². The summed E-state index contributed by atoms with van der Waals surface area (Å²) in [7, 11) is 3.37. The molecule has 0 N–H and O–H groups in total. The van der Waals surface area contributed by atoms with Gasteiger partial charge in [0.2, 0.25) is 0 Å². The minimum atomic E-state index is -1.61. The third-order valence-electron chi connectivity index (χ3n) is 4.26. The van der Waals surface area contributed by atoms with Crippen LogP contribution in [0, 0.1) is 0 Å². The zero-order chi connectivity index (χ0) is 18.9. The lowest BCUT2D eigenvalue weighted by atomic mass is 10.1. The molecule has 0 fully saturated rings. The van der Waals surface area contributed by atoms with E-state index in [0.717, 1.165) is 18.4 Å². The molecule has 0 bridgehead atoms. The van der Waals surface area contributed by atoms with Crippen molar-refractivity contribution in [2.45, 2.75) is 25.3 Å². The maximum absolute atomic E-state index is 12.2. The highest BCUT2D eigenvalue weighted by atomic mass is 28.3. The van der Waals surface area contributed by atoms with Gasteiger partial charge in [-0.15, -0.1) is 0 Å². The highest BCUT2D eigenvalue weighted by molar-refractivity contribution is 6.46. The third-order valence-corrected chi connectivity index (χ3v) is 6.45. The van der Waals surface area contributed by atoms with Gasteiger partial charge in [0.1, 0.15) is 0 Å². The maximum atomic E-state index is 12.2. The quantitative estimate of drug-likeness (QED) is 0.380. The van der Waals surface area contributed by atoms with Gasteiger partial charge in [-0.2, -0.15) is 0 Å². The van der Waals surface area contributed by atoms with Crippen molar-refractivity contribution >= 4 is 15.3 Å². The molecule has 0 aliphatic rings. The number of esters is 1. The highest BCUT2D eigenvalue weighted by Gasteiger charge is 2.20. The van der Waals surface area contributed by atoms with Crippen LogP contribution in [-0.4, -0.2) is 36.6 Å². The maximum Gasteiger partial charge on any atom is 0.343 e. The van der Waals surface area contributed by atoms with Gasteiger partial charge in [-0.3, -0.25) is 0 Å². The van der Waals surface area contributed by atoms with E-state index in [0.29, 0.717) is 22.6 Å². The summed E-state index contributed by atoms with van der Waals surface area (Å²) in [6, 6.07) is 14.5. The first-order chi connectivity index (χ1) is 12.6. The molecule has 1 atom stereocenters. The molecule has 0 aliphatic carbocycles. The largest absolute Gasteiger partial charge is 0.493 e. The van der Waals surface area contributed by atoms with E-state index in [1.54, 1.807) is 51.7 Å². The van der Waals surface area contributed by atoms with Crippen molar-refractivity contribution in [3.8, 4) is 11.5 Å². The molecule has 0 radical (unpaired) electrons. The Bertz CT molecular complexity index is 701. The smallest absolute Gasteiger partial charge is 0.343 e. The lowest BCUT2D eigenvalue weighted by Gasteiger charge is -2.18. The second-order valence-corrected chi connectivity index (χ2v) is 8.91. The van der Waals surface area contributed by atoms with E-state index < -0.39 is 15.3 Å². The van der Waals surface area contributed by atoms with Gasteiger partial charge in [-0.1, -0.05) is 31.2 Å². The summed E-state index contributed by atoms with van der Waals surface area (Å²) >= 11 is 0. The van der Waals surface area contributed by atoms with E-state index in [9.17, 15) is 4.79 Å². The van der Waals surface area contributed by atoms with E-state index in [1.807, 2.05) is 18.2 Å². The first kappa shape index (κ1) is 20.2. The van der Waals surface area contributed by atoms with E-state index in [2.05, 4.69) is 6.92 Å². The molecule has 1 unspecified atom stereocenters. The van der Waals surface area contributed by atoms with Gasteiger partial charge in [-0.05, 0) is 48.2 Å². The zero-order valence-electron chi connectivity index (χ0n) is 15.7. The van der Waals surface area contributed by atoms with Crippen LogP contribution in [0.1, 0.15) is 29.3 Å². The topological polar surface area (TPSA) is 54.0 Å². The number of carbonyl (C=O) groups excluding carboxylic acids is 1. The molecule has 140 valence electrons. The van der Waals surface area contributed by atoms with E-state index in [4.69, 9.17) is 18.3 Å². The molecule has 0 amide bonds. The van der Waals surface area contributed by atoms with Gasteiger partial charge in [0.25, 0.3) is 0 Å². The standard InChI is InChI=1S/C20H26O5Si/c1-15(26(23-3)24-4)10-11-16-12-13-18(19(14-16)22-2)25-20(21)17-8-6-5-7-9-17/h5-9,12-15,26H,10-11H2,1-4H3. The molecule has 2 aromatic carbocycles. The van der Waals surface area contributed by atoms with Gasteiger partial charge < -0.3 is 18.3 Å². The average molecular weight is 375 g/mol. The molecular weight excluding hydrogens is 348 g/mol. The van der Waals surface area contributed by atoms with Crippen LogP contribution in [0.3, 0.4) is 0 Å². The summed E-state index contributed by atoms with van der Waals surface area (Å²) in [6.45, 7) is 2.15. The molecule has 0 saturated heterocycles. The Kier molecular flexibility index (Phi) is 7.84. The summed E-state index contributed by atoms with van der Waals surface area (Å²) in [5.74, 6) is 0.560. The van der Waals surface area contributed by atoms with Crippen LogP contribution in [0.2, 0.25) is 5.54 Å². The average Bonchev–Trinajstić information content (AvgIpc) is 2.68. The van der Waals surface area contributed by atoms with Crippen LogP contribution < -0.4 is 9.47 Å². The summed E-state index contributed by atoms with van der Waals surface area (Å²) < 4.78 is 21.7. The normalized spacial score (nSPS) is 12.0. The SMILES string of the molecule is COc1cc(CCC(C)[SiH](OC)OC)ccc1OC(=O)c1ccccc1. The Morgan fingerprint density at radius 1 is 1.00 bits per heavy atom. The van der Waals surface area contributed by atoms with Crippen molar-refractivity contribution in [2.75, 3.05) is 21.3 Å². The monoisotopic (exact) mass is 374 g/mol. The van der Waals surface area contributed by atoms with Crippen molar-refractivity contribution in [1.82, 2.24) is 0 Å². The minimum Gasteiger partial charge on any atom is -0.493 e. The number of hydrogen-bond acceptors (Lipinski definition) is 5. The highest BCUT2D eigenvalue weighted by Crippen LogP contribution is 2.30. The summed E-state index contributed by atoms with van der Waals surface area (Å²) in [5.41, 5.74) is 2.02. The number of hydrogen-bond donors (Lipinski definition) is 0. The molecule has 2 rings (SSSR count). The minimum absolute atomic E-state index is 0.395. The molecule has 0 saturated carbocycles. The number of rotatable bonds is 9. The van der Waals surface area contributed by atoms with Crippen LogP contribution in [-0.2, 0) is 15.3 Å². The van der Waals surface area contributed by atoms with Gasteiger partial charge in [-0.25, -0.2) is 4.79 Å². The van der Waals surface area contributed by atoms with Crippen molar-refractivity contribution in [2.24, 2.45) is 0 Å². The molecule has 6 heteroatoms. The predicted octanol–water partition coefficient (Wildman–Crippen LogP) is 3.75.